The fraction of sp³-hybridized carbons (Fsp3) is 0.429. The number of benzene rings is 1. The highest BCUT2D eigenvalue weighted by atomic mass is 35.5. The van der Waals surface area contributed by atoms with Crippen molar-refractivity contribution in [1.29, 1.82) is 0 Å². The molecule has 0 saturated carbocycles. The molecule has 1 fully saturated rings. The highest BCUT2D eigenvalue weighted by molar-refractivity contribution is 6.33. The molecule has 102 valence electrons. The zero-order chi connectivity index (χ0) is 13.8. The molecule has 1 aromatic rings. The first-order chi connectivity index (χ1) is 9.15. The van der Waals surface area contributed by atoms with Gasteiger partial charge in [-0.15, -0.1) is 0 Å². The summed E-state index contributed by atoms with van der Waals surface area (Å²) < 4.78 is 0. The largest absolute Gasteiger partial charge is 0.371 e. The molecule has 0 spiro atoms. The Morgan fingerprint density at radius 3 is 2.63 bits per heavy atom. The van der Waals surface area contributed by atoms with Crippen LogP contribution in [0.2, 0.25) is 5.02 Å². The van der Waals surface area contributed by atoms with Crippen LogP contribution in [0, 0.1) is 5.92 Å². The summed E-state index contributed by atoms with van der Waals surface area (Å²) in [5, 5.41) is 3.17. The van der Waals surface area contributed by atoms with Crippen LogP contribution in [0.25, 0.3) is 0 Å². The second-order valence-corrected chi connectivity index (χ2v) is 5.11. The molecule has 1 saturated heterocycles. The Balaban J connectivity index is 2.03. The van der Waals surface area contributed by atoms with Gasteiger partial charge in [0.25, 0.3) is 0 Å². The van der Waals surface area contributed by atoms with Crippen molar-refractivity contribution in [3.05, 3.63) is 28.8 Å². The van der Waals surface area contributed by atoms with Crippen molar-refractivity contribution in [2.75, 3.05) is 25.0 Å². The summed E-state index contributed by atoms with van der Waals surface area (Å²) >= 11 is 6.03. The van der Waals surface area contributed by atoms with Gasteiger partial charge in [0.2, 0.25) is 5.91 Å². The minimum Gasteiger partial charge on any atom is -0.371 e. The van der Waals surface area contributed by atoms with E-state index in [0.29, 0.717) is 10.6 Å². The van der Waals surface area contributed by atoms with E-state index in [1.165, 1.54) is 0 Å². The molecule has 1 aliphatic heterocycles. The molecule has 0 atom stereocenters. The highest BCUT2D eigenvalue weighted by Gasteiger charge is 2.24. The van der Waals surface area contributed by atoms with Crippen LogP contribution in [0.5, 0.6) is 0 Å². The Bertz CT molecular complexity index is 482. The van der Waals surface area contributed by atoms with Crippen molar-refractivity contribution < 1.29 is 9.59 Å². The molecular weight excluding hydrogens is 264 g/mol. The Hall–Kier alpha value is -1.55. The van der Waals surface area contributed by atoms with E-state index in [4.69, 9.17) is 11.6 Å². The first-order valence-corrected chi connectivity index (χ1v) is 6.74. The van der Waals surface area contributed by atoms with Crippen molar-refractivity contribution >= 4 is 29.5 Å². The average Bonchev–Trinajstić information content (AvgIpc) is 2.46. The van der Waals surface area contributed by atoms with Gasteiger partial charge in [-0.3, -0.25) is 9.59 Å². The molecule has 1 heterocycles. The van der Waals surface area contributed by atoms with Gasteiger partial charge in [-0.25, -0.2) is 0 Å². The Labute approximate surface area is 117 Å². The van der Waals surface area contributed by atoms with Gasteiger partial charge in [-0.2, -0.15) is 0 Å². The number of nitrogens with one attached hydrogen (secondary N) is 1. The minimum atomic E-state index is 0.103. The number of hydrogen-bond donors (Lipinski definition) is 1. The molecule has 1 amide bonds. The first kappa shape index (κ1) is 13.9. The lowest BCUT2D eigenvalue weighted by molar-refractivity contribution is -0.125. The van der Waals surface area contributed by atoms with Gasteiger partial charge < -0.3 is 10.2 Å². The molecule has 0 unspecified atom stereocenters. The van der Waals surface area contributed by atoms with Crippen molar-refractivity contribution in [1.82, 2.24) is 5.32 Å². The number of carbonyl (C=O) groups excluding carboxylic acids is 2. The zero-order valence-corrected chi connectivity index (χ0v) is 11.6. The predicted octanol–water partition coefficient (Wildman–Crippen LogP) is 2.11. The van der Waals surface area contributed by atoms with Crippen LogP contribution in [0.15, 0.2) is 18.2 Å². The smallest absolute Gasteiger partial charge is 0.222 e. The van der Waals surface area contributed by atoms with Gasteiger partial charge in [0.05, 0.1) is 5.02 Å². The third-order valence-electron chi connectivity index (χ3n) is 3.59. The number of halogens is 1. The van der Waals surface area contributed by atoms with Crippen molar-refractivity contribution in [2.45, 2.75) is 12.8 Å². The van der Waals surface area contributed by atoms with E-state index in [0.717, 1.165) is 37.9 Å². The minimum absolute atomic E-state index is 0.103. The monoisotopic (exact) mass is 280 g/mol. The molecule has 0 radical (unpaired) electrons. The van der Waals surface area contributed by atoms with Crippen molar-refractivity contribution in [2.24, 2.45) is 5.92 Å². The second-order valence-electron chi connectivity index (χ2n) is 4.70. The van der Waals surface area contributed by atoms with Gasteiger partial charge >= 0.3 is 0 Å². The van der Waals surface area contributed by atoms with Gasteiger partial charge in [0, 0.05) is 37.3 Å². The molecule has 1 N–H and O–H groups in total. The number of piperidine rings is 1. The second kappa shape index (κ2) is 6.06. The normalized spacial score (nSPS) is 16.2. The third-order valence-corrected chi connectivity index (χ3v) is 3.92. The summed E-state index contributed by atoms with van der Waals surface area (Å²) in [4.78, 5) is 24.5. The van der Waals surface area contributed by atoms with Crippen LogP contribution in [0.3, 0.4) is 0 Å². The topological polar surface area (TPSA) is 49.4 Å². The molecular formula is C14H17ClN2O2. The van der Waals surface area contributed by atoms with Crippen LogP contribution < -0.4 is 10.2 Å². The van der Waals surface area contributed by atoms with Gasteiger partial charge in [0.1, 0.15) is 0 Å². The third kappa shape index (κ3) is 3.07. The van der Waals surface area contributed by atoms with Gasteiger partial charge in [-0.05, 0) is 31.0 Å². The molecule has 0 aromatic heterocycles. The number of hydrogen-bond acceptors (Lipinski definition) is 3. The molecule has 19 heavy (non-hydrogen) atoms. The summed E-state index contributed by atoms with van der Waals surface area (Å²) in [5.41, 5.74) is 1.51. The highest BCUT2D eigenvalue weighted by Crippen LogP contribution is 2.27. The van der Waals surface area contributed by atoms with Crippen LogP contribution in [-0.2, 0) is 4.79 Å². The standard InChI is InChI=1S/C14H17ClN2O2/c1-16-14(19)10-4-6-17(7-5-10)12-3-2-11(9-18)13(15)8-12/h2-3,8-10H,4-7H2,1H3,(H,16,19). The van der Waals surface area contributed by atoms with Crippen molar-refractivity contribution in [3.63, 3.8) is 0 Å². The lowest BCUT2D eigenvalue weighted by atomic mass is 9.95. The number of rotatable bonds is 3. The van der Waals surface area contributed by atoms with Crippen LogP contribution in [0.1, 0.15) is 23.2 Å². The van der Waals surface area contributed by atoms with Crippen molar-refractivity contribution in [3.8, 4) is 0 Å². The van der Waals surface area contributed by atoms with E-state index in [-0.39, 0.29) is 11.8 Å². The Morgan fingerprint density at radius 2 is 2.11 bits per heavy atom. The SMILES string of the molecule is CNC(=O)C1CCN(c2ccc(C=O)c(Cl)c2)CC1. The van der Waals surface area contributed by atoms with E-state index >= 15 is 0 Å². The molecule has 1 aliphatic rings. The van der Waals surface area contributed by atoms with Crippen LogP contribution in [0.4, 0.5) is 5.69 Å². The first-order valence-electron chi connectivity index (χ1n) is 6.37. The maximum absolute atomic E-state index is 11.6. The lowest BCUT2D eigenvalue weighted by Crippen LogP contribution is -2.39. The van der Waals surface area contributed by atoms with E-state index < -0.39 is 0 Å². The zero-order valence-electron chi connectivity index (χ0n) is 10.9. The molecule has 4 nitrogen and oxygen atoms in total. The summed E-state index contributed by atoms with van der Waals surface area (Å²) in [6, 6.07) is 5.44. The summed E-state index contributed by atoms with van der Waals surface area (Å²) in [5.74, 6) is 0.222. The number of aldehydes is 1. The number of carbonyl (C=O) groups is 2. The van der Waals surface area contributed by atoms with Gasteiger partial charge in [-0.1, -0.05) is 11.6 Å². The fourth-order valence-corrected chi connectivity index (χ4v) is 2.63. The number of nitrogens with zero attached hydrogens (tertiary/aromatic N) is 1. The van der Waals surface area contributed by atoms with E-state index in [1.807, 2.05) is 12.1 Å². The average molecular weight is 281 g/mol. The predicted molar refractivity (Wildman–Crippen MR) is 75.8 cm³/mol. The van der Waals surface area contributed by atoms with E-state index in [1.54, 1.807) is 13.1 Å². The maximum Gasteiger partial charge on any atom is 0.222 e. The Morgan fingerprint density at radius 1 is 1.42 bits per heavy atom. The lowest BCUT2D eigenvalue weighted by Gasteiger charge is -2.33. The van der Waals surface area contributed by atoms with Crippen LogP contribution >= 0.6 is 11.6 Å². The summed E-state index contributed by atoms with van der Waals surface area (Å²) in [6.45, 7) is 1.66. The van der Waals surface area contributed by atoms with E-state index in [9.17, 15) is 9.59 Å². The molecule has 1 aromatic carbocycles. The Kier molecular flexibility index (Phi) is 4.43. The van der Waals surface area contributed by atoms with Crippen LogP contribution in [-0.4, -0.2) is 32.3 Å². The molecule has 5 heteroatoms. The molecule has 0 bridgehead atoms. The van der Waals surface area contributed by atoms with E-state index in [2.05, 4.69) is 10.2 Å². The summed E-state index contributed by atoms with van der Waals surface area (Å²) in [6.07, 6.45) is 2.43. The quantitative estimate of drug-likeness (QED) is 0.863. The van der Waals surface area contributed by atoms with Gasteiger partial charge in [0.15, 0.2) is 6.29 Å². The number of anilines is 1. The summed E-state index contributed by atoms with van der Waals surface area (Å²) in [7, 11) is 1.67. The maximum atomic E-state index is 11.6. The fourth-order valence-electron chi connectivity index (χ4n) is 2.41. The molecule has 0 aliphatic carbocycles. The molecule has 2 rings (SSSR count). The number of amides is 1.